The molecule has 1 N–H and O–H groups in total. The van der Waals surface area contributed by atoms with Crippen molar-refractivity contribution in [3.63, 3.8) is 0 Å². The number of aliphatic carboxylic acids is 1. The molecule has 0 aliphatic heterocycles. The van der Waals surface area contributed by atoms with Gasteiger partial charge in [0.05, 0.1) is 0 Å². The van der Waals surface area contributed by atoms with Crippen LogP contribution in [0, 0.1) is 6.92 Å². The van der Waals surface area contributed by atoms with E-state index in [2.05, 4.69) is 0 Å². The summed E-state index contributed by atoms with van der Waals surface area (Å²) in [5.41, 5.74) is 2.13. The fraction of sp³-hybridized carbons (Fsp3) is 0.417. The Morgan fingerprint density at radius 3 is 2.60 bits per heavy atom. The van der Waals surface area contributed by atoms with Crippen LogP contribution in [0.2, 0.25) is 0 Å². The fourth-order valence-corrected chi connectivity index (χ4v) is 1.64. The van der Waals surface area contributed by atoms with Gasteiger partial charge in [0.25, 0.3) is 0 Å². The molecule has 0 fully saturated rings. The zero-order valence-electron chi connectivity index (χ0n) is 9.23. The lowest BCUT2D eigenvalue weighted by atomic mass is 10.1. The van der Waals surface area contributed by atoms with Crippen LogP contribution in [-0.4, -0.2) is 24.2 Å². The van der Waals surface area contributed by atoms with Gasteiger partial charge < -0.3 is 10.0 Å². The molecule has 0 bridgehead atoms. The molecule has 1 aromatic carbocycles. The number of aryl methyl sites for hydroxylation is 1. The summed E-state index contributed by atoms with van der Waals surface area (Å²) in [4.78, 5) is 12.6. The molecule has 0 spiro atoms. The van der Waals surface area contributed by atoms with Gasteiger partial charge in [-0.25, -0.2) is 0 Å². The largest absolute Gasteiger partial charge is 0.480 e. The quantitative estimate of drug-likeness (QED) is 0.805. The normalized spacial score (nSPS) is 10.0. The van der Waals surface area contributed by atoms with E-state index in [1.54, 1.807) is 0 Å². The molecular weight excluding hydrogens is 190 g/mol. The maximum atomic E-state index is 10.7. The summed E-state index contributed by atoms with van der Waals surface area (Å²) < 4.78 is 0. The third-order valence-electron chi connectivity index (χ3n) is 2.28. The molecule has 1 rings (SSSR count). The number of para-hydroxylation sites is 1. The van der Waals surface area contributed by atoms with Crippen molar-refractivity contribution in [1.82, 2.24) is 0 Å². The topological polar surface area (TPSA) is 40.5 Å². The molecule has 0 aliphatic carbocycles. The van der Waals surface area contributed by atoms with Crippen LogP contribution in [-0.2, 0) is 4.79 Å². The first-order chi connectivity index (χ1) is 7.15. The smallest absolute Gasteiger partial charge is 0.323 e. The molecule has 0 aromatic heterocycles. The molecule has 15 heavy (non-hydrogen) atoms. The predicted octanol–water partition coefficient (Wildman–Crippen LogP) is 2.30. The van der Waals surface area contributed by atoms with Crippen LogP contribution in [0.25, 0.3) is 0 Å². The average Bonchev–Trinajstić information content (AvgIpc) is 2.17. The number of rotatable bonds is 5. The first-order valence-corrected chi connectivity index (χ1v) is 5.17. The van der Waals surface area contributed by atoms with Gasteiger partial charge in [-0.1, -0.05) is 25.1 Å². The van der Waals surface area contributed by atoms with Crippen molar-refractivity contribution in [2.45, 2.75) is 20.3 Å². The van der Waals surface area contributed by atoms with Crippen molar-refractivity contribution in [2.75, 3.05) is 18.0 Å². The Labute approximate surface area is 90.3 Å². The van der Waals surface area contributed by atoms with Gasteiger partial charge in [0.15, 0.2) is 0 Å². The molecule has 0 aliphatic rings. The van der Waals surface area contributed by atoms with Gasteiger partial charge in [-0.05, 0) is 25.0 Å². The van der Waals surface area contributed by atoms with Crippen LogP contribution in [0.5, 0.6) is 0 Å². The number of nitrogens with zero attached hydrogens (tertiary/aromatic N) is 1. The van der Waals surface area contributed by atoms with Gasteiger partial charge in [0, 0.05) is 12.2 Å². The van der Waals surface area contributed by atoms with E-state index >= 15 is 0 Å². The summed E-state index contributed by atoms with van der Waals surface area (Å²) in [6.45, 7) is 4.89. The molecule has 3 heteroatoms. The lowest BCUT2D eigenvalue weighted by Gasteiger charge is -2.23. The highest BCUT2D eigenvalue weighted by Gasteiger charge is 2.10. The second kappa shape index (κ2) is 5.39. The number of hydrogen-bond acceptors (Lipinski definition) is 2. The van der Waals surface area contributed by atoms with Crippen molar-refractivity contribution in [3.05, 3.63) is 29.8 Å². The molecule has 0 radical (unpaired) electrons. The minimum absolute atomic E-state index is 0.0681. The van der Waals surface area contributed by atoms with E-state index in [0.717, 1.165) is 24.2 Å². The van der Waals surface area contributed by atoms with Crippen LogP contribution in [0.1, 0.15) is 18.9 Å². The summed E-state index contributed by atoms with van der Waals surface area (Å²) in [6, 6.07) is 7.87. The summed E-state index contributed by atoms with van der Waals surface area (Å²) in [6.07, 6.45) is 0.946. The van der Waals surface area contributed by atoms with E-state index in [4.69, 9.17) is 5.11 Å². The van der Waals surface area contributed by atoms with Crippen LogP contribution < -0.4 is 4.90 Å². The second-order valence-electron chi connectivity index (χ2n) is 3.60. The van der Waals surface area contributed by atoms with Crippen LogP contribution in [0.3, 0.4) is 0 Å². The Morgan fingerprint density at radius 2 is 2.07 bits per heavy atom. The highest BCUT2D eigenvalue weighted by molar-refractivity contribution is 5.74. The van der Waals surface area contributed by atoms with Crippen LogP contribution in [0.15, 0.2) is 24.3 Å². The molecule has 0 saturated carbocycles. The van der Waals surface area contributed by atoms with Crippen LogP contribution >= 0.6 is 0 Å². The van der Waals surface area contributed by atoms with Crippen molar-refractivity contribution in [2.24, 2.45) is 0 Å². The van der Waals surface area contributed by atoms with Gasteiger partial charge in [0.1, 0.15) is 6.54 Å². The number of anilines is 1. The number of benzene rings is 1. The summed E-state index contributed by atoms with van der Waals surface area (Å²) in [5.74, 6) is -0.785. The Morgan fingerprint density at radius 1 is 1.40 bits per heavy atom. The number of carboxylic acid groups (broad SMARTS) is 1. The fourth-order valence-electron chi connectivity index (χ4n) is 1.64. The minimum atomic E-state index is -0.785. The summed E-state index contributed by atoms with van der Waals surface area (Å²) >= 11 is 0. The number of carboxylic acids is 1. The molecule has 0 saturated heterocycles. The first kappa shape index (κ1) is 11.6. The van der Waals surface area contributed by atoms with Crippen LogP contribution in [0.4, 0.5) is 5.69 Å². The molecule has 82 valence electrons. The van der Waals surface area contributed by atoms with Crippen molar-refractivity contribution >= 4 is 11.7 Å². The summed E-state index contributed by atoms with van der Waals surface area (Å²) in [5, 5.41) is 8.82. The molecular formula is C12H17NO2. The first-order valence-electron chi connectivity index (χ1n) is 5.17. The maximum Gasteiger partial charge on any atom is 0.323 e. The van der Waals surface area contributed by atoms with Gasteiger partial charge in [0.2, 0.25) is 0 Å². The molecule has 1 aromatic rings. The third-order valence-corrected chi connectivity index (χ3v) is 2.28. The lowest BCUT2D eigenvalue weighted by molar-refractivity contribution is -0.135. The van der Waals surface area contributed by atoms with E-state index in [1.807, 2.05) is 43.0 Å². The second-order valence-corrected chi connectivity index (χ2v) is 3.60. The molecule has 0 amide bonds. The standard InChI is InChI=1S/C12H17NO2/c1-3-8-13(9-12(14)15)11-7-5-4-6-10(11)2/h4-7H,3,8-9H2,1-2H3,(H,14,15). The highest BCUT2D eigenvalue weighted by Crippen LogP contribution is 2.19. The van der Waals surface area contributed by atoms with Gasteiger partial charge >= 0.3 is 5.97 Å². The Bertz CT molecular complexity index is 336. The van der Waals surface area contributed by atoms with E-state index < -0.39 is 5.97 Å². The monoisotopic (exact) mass is 207 g/mol. The SMILES string of the molecule is CCCN(CC(=O)O)c1ccccc1C. The zero-order chi connectivity index (χ0) is 11.3. The molecule has 3 nitrogen and oxygen atoms in total. The van der Waals surface area contributed by atoms with Crippen molar-refractivity contribution in [1.29, 1.82) is 0 Å². The van der Waals surface area contributed by atoms with Crippen molar-refractivity contribution in [3.8, 4) is 0 Å². The van der Waals surface area contributed by atoms with Gasteiger partial charge in [-0.2, -0.15) is 0 Å². The predicted molar refractivity (Wildman–Crippen MR) is 61.3 cm³/mol. The average molecular weight is 207 g/mol. The molecule has 0 atom stereocenters. The lowest BCUT2D eigenvalue weighted by Crippen LogP contribution is -2.30. The third kappa shape index (κ3) is 3.27. The Kier molecular flexibility index (Phi) is 4.16. The summed E-state index contributed by atoms with van der Waals surface area (Å²) in [7, 11) is 0. The van der Waals surface area contributed by atoms with E-state index in [0.29, 0.717) is 0 Å². The van der Waals surface area contributed by atoms with E-state index in [9.17, 15) is 4.79 Å². The van der Waals surface area contributed by atoms with Crippen molar-refractivity contribution < 1.29 is 9.90 Å². The number of hydrogen-bond donors (Lipinski definition) is 1. The van der Waals surface area contributed by atoms with Gasteiger partial charge in [-0.15, -0.1) is 0 Å². The van der Waals surface area contributed by atoms with E-state index in [-0.39, 0.29) is 6.54 Å². The van der Waals surface area contributed by atoms with Gasteiger partial charge in [-0.3, -0.25) is 4.79 Å². The maximum absolute atomic E-state index is 10.7. The molecule has 0 heterocycles. The van der Waals surface area contributed by atoms with E-state index in [1.165, 1.54) is 0 Å². The Hall–Kier alpha value is -1.51. The number of carbonyl (C=O) groups is 1. The Balaban J connectivity index is 2.88. The zero-order valence-corrected chi connectivity index (χ0v) is 9.23. The minimum Gasteiger partial charge on any atom is -0.480 e. The molecule has 0 unspecified atom stereocenters. The highest BCUT2D eigenvalue weighted by atomic mass is 16.4.